The van der Waals surface area contributed by atoms with Crippen molar-refractivity contribution in [2.24, 2.45) is 11.3 Å². The van der Waals surface area contributed by atoms with Gasteiger partial charge in [0, 0.05) is 11.0 Å². The van der Waals surface area contributed by atoms with E-state index in [-0.39, 0.29) is 17.3 Å². The van der Waals surface area contributed by atoms with Crippen LogP contribution >= 0.6 is 0 Å². The maximum atomic E-state index is 12.2. The van der Waals surface area contributed by atoms with Gasteiger partial charge in [0.25, 0.3) is 0 Å². The van der Waals surface area contributed by atoms with Gasteiger partial charge < -0.3 is 4.74 Å². The topological polar surface area (TPSA) is 26.3 Å². The van der Waals surface area contributed by atoms with E-state index >= 15 is 0 Å². The van der Waals surface area contributed by atoms with Crippen molar-refractivity contribution in [3.05, 3.63) is 54.1 Å². The summed E-state index contributed by atoms with van der Waals surface area (Å²) >= 11 is 0. The Morgan fingerprint density at radius 2 is 2.00 bits per heavy atom. The van der Waals surface area contributed by atoms with Gasteiger partial charge in [0.05, 0.1) is 5.92 Å². The fourth-order valence-corrected chi connectivity index (χ4v) is 2.91. The Balaban J connectivity index is 2.10. The summed E-state index contributed by atoms with van der Waals surface area (Å²) < 4.78 is 5.39. The van der Waals surface area contributed by atoms with Crippen molar-refractivity contribution in [3.8, 4) is 5.75 Å². The second-order valence-electron chi connectivity index (χ2n) is 5.29. The number of rotatable bonds is 1. The molecule has 2 aliphatic rings. The molecule has 92 valence electrons. The third-order valence-corrected chi connectivity index (χ3v) is 4.25. The number of ether oxygens (including phenoxy) is 1. The van der Waals surface area contributed by atoms with Crippen LogP contribution in [0.3, 0.4) is 0 Å². The molecular weight excluding hydrogens is 224 g/mol. The zero-order valence-corrected chi connectivity index (χ0v) is 10.6. The van der Waals surface area contributed by atoms with E-state index < -0.39 is 0 Å². The third-order valence-electron chi connectivity index (χ3n) is 4.25. The van der Waals surface area contributed by atoms with Crippen LogP contribution in [0, 0.1) is 11.3 Å². The van der Waals surface area contributed by atoms with E-state index in [0.29, 0.717) is 11.7 Å². The summed E-state index contributed by atoms with van der Waals surface area (Å²) in [5, 5.41) is 0. The van der Waals surface area contributed by atoms with Gasteiger partial charge in [-0.3, -0.25) is 4.79 Å². The monoisotopic (exact) mass is 240 g/mol. The Bertz CT molecular complexity index is 556. The lowest BCUT2D eigenvalue weighted by molar-refractivity contribution is -0.136. The Morgan fingerprint density at radius 1 is 1.22 bits per heavy atom. The van der Waals surface area contributed by atoms with Crippen LogP contribution in [0.1, 0.15) is 25.3 Å². The highest BCUT2D eigenvalue weighted by atomic mass is 16.5. The summed E-state index contributed by atoms with van der Waals surface area (Å²) in [6.45, 7) is 4.28. The Kier molecular flexibility index (Phi) is 2.40. The molecule has 2 nitrogen and oxygen atoms in total. The molecule has 3 unspecified atom stereocenters. The average molecular weight is 240 g/mol. The van der Waals surface area contributed by atoms with Gasteiger partial charge in [-0.25, -0.2) is 0 Å². The number of carbonyl (C=O) groups is 1. The van der Waals surface area contributed by atoms with Crippen molar-refractivity contribution in [1.29, 1.82) is 0 Å². The number of hydrogen-bond donors (Lipinski definition) is 0. The molecule has 0 aromatic heterocycles. The SMILES string of the molecule is CC1C=CC=CC1(C)C1C(=O)Oc2ccccc21. The maximum absolute atomic E-state index is 12.2. The summed E-state index contributed by atoms with van der Waals surface area (Å²) in [7, 11) is 0. The minimum Gasteiger partial charge on any atom is -0.426 e. The number of fused-ring (bicyclic) bond motifs is 1. The summed E-state index contributed by atoms with van der Waals surface area (Å²) in [5.41, 5.74) is 0.801. The minimum atomic E-state index is -0.210. The zero-order chi connectivity index (χ0) is 12.8. The smallest absolute Gasteiger partial charge is 0.319 e. The van der Waals surface area contributed by atoms with Crippen LogP contribution in [0.5, 0.6) is 5.75 Å². The quantitative estimate of drug-likeness (QED) is 0.555. The van der Waals surface area contributed by atoms with Gasteiger partial charge in [0.2, 0.25) is 0 Å². The standard InChI is InChI=1S/C16H16O2/c1-11-7-5-6-10-16(11,2)14-12-8-3-4-9-13(12)18-15(14)17/h3-11,14H,1-2H3. The predicted octanol–water partition coefficient (Wildman–Crippen LogP) is 3.46. The van der Waals surface area contributed by atoms with Gasteiger partial charge in [-0.2, -0.15) is 0 Å². The van der Waals surface area contributed by atoms with Gasteiger partial charge in [0.15, 0.2) is 0 Å². The first-order valence-electron chi connectivity index (χ1n) is 6.29. The molecule has 1 aliphatic heterocycles. The third kappa shape index (κ3) is 1.45. The van der Waals surface area contributed by atoms with E-state index in [4.69, 9.17) is 4.74 Å². The van der Waals surface area contributed by atoms with E-state index in [1.807, 2.05) is 36.4 Å². The molecule has 0 radical (unpaired) electrons. The molecule has 0 amide bonds. The van der Waals surface area contributed by atoms with Crippen LogP contribution in [-0.4, -0.2) is 5.97 Å². The molecule has 3 rings (SSSR count). The number of benzene rings is 1. The van der Waals surface area contributed by atoms with Gasteiger partial charge in [-0.05, 0) is 12.0 Å². The normalized spacial score (nSPS) is 33.3. The molecule has 2 heteroatoms. The molecule has 1 heterocycles. The molecule has 0 saturated carbocycles. The Morgan fingerprint density at radius 3 is 2.78 bits per heavy atom. The second-order valence-corrected chi connectivity index (χ2v) is 5.29. The first kappa shape index (κ1) is 11.3. The van der Waals surface area contributed by atoms with Crippen molar-refractivity contribution in [1.82, 2.24) is 0 Å². The van der Waals surface area contributed by atoms with Gasteiger partial charge >= 0.3 is 5.97 Å². The van der Waals surface area contributed by atoms with Gasteiger partial charge in [-0.15, -0.1) is 0 Å². The lowest BCUT2D eigenvalue weighted by Crippen LogP contribution is -2.34. The van der Waals surface area contributed by atoms with Crippen LogP contribution in [0.15, 0.2) is 48.6 Å². The fourth-order valence-electron chi connectivity index (χ4n) is 2.91. The molecule has 0 bridgehead atoms. The van der Waals surface area contributed by atoms with Crippen molar-refractivity contribution < 1.29 is 9.53 Å². The number of esters is 1. The highest BCUT2D eigenvalue weighted by molar-refractivity contribution is 5.87. The lowest BCUT2D eigenvalue weighted by atomic mass is 9.65. The van der Waals surface area contributed by atoms with E-state index in [9.17, 15) is 4.79 Å². The van der Waals surface area contributed by atoms with Crippen LogP contribution < -0.4 is 4.74 Å². The predicted molar refractivity (Wildman–Crippen MR) is 70.4 cm³/mol. The fraction of sp³-hybridized carbons (Fsp3) is 0.312. The molecule has 0 N–H and O–H groups in total. The van der Waals surface area contributed by atoms with Gasteiger partial charge in [-0.1, -0.05) is 56.4 Å². The molecule has 1 aromatic rings. The summed E-state index contributed by atoms with van der Waals surface area (Å²) in [6, 6.07) is 7.72. The first-order chi connectivity index (χ1) is 8.63. The molecule has 1 aromatic carbocycles. The lowest BCUT2D eigenvalue weighted by Gasteiger charge is -2.36. The van der Waals surface area contributed by atoms with Crippen molar-refractivity contribution in [3.63, 3.8) is 0 Å². The van der Waals surface area contributed by atoms with E-state index in [2.05, 4.69) is 26.0 Å². The van der Waals surface area contributed by atoms with E-state index in [1.165, 1.54) is 0 Å². The van der Waals surface area contributed by atoms with Crippen LogP contribution in [0.4, 0.5) is 0 Å². The molecule has 18 heavy (non-hydrogen) atoms. The molecule has 0 fully saturated rings. The minimum absolute atomic E-state index is 0.134. The summed E-state index contributed by atoms with van der Waals surface area (Å²) in [4.78, 5) is 12.2. The van der Waals surface area contributed by atoms with E-state index in [0.717, 1.165) is 5.56 Å². The number of hydrogen-bond acceptors (Lipinski definition) is 2. The second kappa shape index (κ2) is 3.84. The van der Waals surface area contributed by atoms with Crippen LogP contribution in [0.25, 0.3) is 0 Å². The van der Waals surface area contributed by atoms with Crippen molar-refractivity contribution in [2.45, 2.75) is 19.8 Å². The maximum Gasteiger partial charge on any atom is 0.319 e. The van der Waals surface area contributed by atoms with Crippen LogP contribution in [-0.2, 0) is 4.79 Å². The van der Waals surface area contributed by atoms with Crippen LogP contribution in [0.2, 0.25) is 0 Å². The Hall–Kier alpha value is -1.83. The average Bonchev–Trinajstić information content (AvgIpc) is 2.69. The van der Waals surface area contributed by atoms with Crippen molar-refractivity contribution >= 4 is 5.97 Å². The number of carbonyl (C=O) groups excluding carboxylic acids is 1. The first-order valence-corrected chi connectivity index (χ1v) is 6.29. The largest absolute Gasteiger partial charge is 0.426 e. The molecule has 1 aliphatic carbocycles. The summed E-state index contributed by atoms with van der Waals surface area (Å²) in [5.74, 6) is 0.686. The highest BCUT2D eigenvalue weighted by Crippen LogP contribution is 2.51. The molecule has 3 atom stereocenters. The van der Waals surface area contributed by atoms with Crippen molar-refractivity contribution in [2.75, 3.05) is 0 Å². The molecular formula is C16H16O2. The molecule has 0 saturated heterocycles. The Labute approximate surface area is 107 Å². The van der Waals surface area contributed by atoms with Gasteiger partial charge in [0.1, 0.15) is 5.75 Å². The van der Waals surface area contributed by atoms with E-state index in [1.54, 1.807) is 0 Å². The molecule has 0 spiro atoms. The highest BCUT2D eigenvalue weighted by Gasteiger charge is 2.47. The number of para-hydroxylation sites is 1. The summed E-state index contributed by atoms with van der Waals surface area (Å²) in [6.07, 6.45) is 8.34. The number of allylic oxidation sites excluding steroid dienone is 4. The zero-order valence-electron chi connectivity index (χ0n) is 10.6.